The lowest BCUT2D eigenvalue weighted by molar-refractivity contribution is -0.123. The number of thioether (sulfide) groups is 1. The number of amides is 2. The highest BCUT2D eigenvalue weighted by atomic mass is 79.9. The van der Waals surface area contributed by atoms with Gasteiger partial charge < -0.3 is 4.74 Å². The molecule has 4 aromatic carbocycles. The van der Waals surface area contributed by atoms with Gasteiger partial charge in [0.05, 0.1) is 21.5 Å². The molecule has 4 aromatic rings. The zero-order valence-electron chi connectivity index (χ0n) is 18.9. The number of hydrogen-bond acceptors (Lipinski definition) is 5. The van der Waals surface area contributed by atoms with Crippen LogP contribution in [0.3, 0.4) is 0 Å². The molecule has 0 aromatic heterocycles. The van der Waals surface area contributed by atoms with E-state index in [1.807, 2.05) is 30.3 Å². The maximum Gasteiger partial charge on any atom is 0.344 e. The second kappa shape index (κ2) is 10.5. The number of fused-ring (bicyclic) bond motifs is 1. The lowest BCUT2D eigenvalue weighted by Crippen LogP contribution is -2.27. The van der Waals surface area contributed by atoms with Gasteiger partial charge in [-0.25, -0.2) is 9.18 Å². The number of nitrogens with zero attached hydrogens (tertiary/aromatic N) is 1. The minimum absolute atomic E-state index is 0.0616. The van der Waals surface area contributed by atoms with Gasteiger partial charge in [0.1, 0.15) is 11.6 Å². The number of esters is 1. The van der Waals surface area contributed by atoms with Crippen molar-refractivity contribution in [3.63, 3.8) is 0 Å². The molecule has 5 rings (SSSR count). The quantitative estimate of drug-likeness (QED) is 0.133. The SMILES string of the molecule is O=C(Oc1ccc(/C=C2\SC(=O)N(Cc3ccc(F)cc3Cl)C2=O)cc1Br)c1cccc2ccccc12. The molecular weight excluding hydrogens is 581 g/mol. The number of halogens is 3. The molecule has 0 bridgehead atoms. The highest BCUT2D eigenvalue weighted by Crippen LogP contribution is 2.35. The van der Waals surface area contributed by atoms with Gasteiger partial charge in [0, 0.05) is 5.02 Å². The fourth-order valence-electron chi connectivity index (χ4n) is 3.86. The second-order valence-electron chi connectivity index (χ2n) is 8.11. The highest BCUT2D eigenvalue weighted by molar-refractivity contribution is 9.10. The predicted molar refractivity (Wildman–Crippen MR) is 146 cm³/mol. The molecule has 0 unspecified atom stereocenters. The molecule has 0 radical (unpaired) electrons. The molecule has 0 spiro atoms. The fourth-order valence-corrected chi connectivity index (χ4v) is 5.40. The van der Waals surface area contributed by atoms with Crippen molar-refractivity contribution in [1.82, 2.24) is 4.90 Å². The molecule has 9 heteroatoms. The number of benzene rings is 4. The van der Waals surface area contributed by atoms with Crippen molar-refractivity contribution in [2.45, 2.75) is 6.54 Å². The molecule has 5 nitrogen and oxygen atoms in total. The number of carbonyl (C=O) groups is 3. The topological polar surface area (TPSA) is 63.7 Å². The van der Waals surface area contributed by atoms with Crippen LogP contribution in [0.2, 0.25) is 5.02 Å². The van der Waals surface area contributed by atoms with Gasteiger partial charge in [0.2, 0.25) is 0 Å². The summed E-state index contributed by atoms with van der Waals surface area (Å²) in [6.45, 7) is -0.0616. The van der Waals surface area contributed by atoms with Crippen molar-refractivity contribution in [3.05, 3.63) is 116 Å². The van der Waals surface area contributed by atoms with Crippen molar-refractivity contribution in [2.75, 3.05) is 0 Å². The smallest absolute Gasteiger partial charge is 0.344 e. The van der Waals surface area contributed by atoms with Gasteiger partial charge in [-0.1, -0.05) is 60.1 Å². The summed E-state index contributed by atoms with van der Waals surface area (Å²) in [7, 11) is 0. The lowest BCUT2D eigenvalue weighted by atomic mass is 10.0. The van der Waals surface area contributed by atoms with E-state index in [0.717, 1.165) is 33.5 Å². The molecule has 1 aliphatic rings. The Morgan fingerprint density at radius 2 is 1.81 bits per heavy atom. The van der Waals surface area contributed by atoms with E-state index >= 15 is 0 Å². The van der Waals surface area contributed by atoms with Gasteiger partial charge in [0.25, 0.3) is 11.1 Å². The van der Waals surface area contributed by atoms with E-state index < -0.39 is 22.9 Å². The first-order valence-electron chi connectivity index (χ1n) is 11.0. The summed E-state index contributed by atoms with van der Waals surface area (Å²) in [6.07, 6.45) is 1.58. The van der Waals surface area contributed by atoms with Gasteiger partial charge in [0.15, 0.2) is 0 Å². The lowest BCUT2D eigenvalue weighted by Gasteiger charge is -2.13. The van der Waals surface area contributed by atoms with Gasteiger partial charge >= 0.3 is 5.97 Å². The zero-order chi connectivity index (χ0) is 26.1. The molecule has 1 aliphatic heterocycles. The van der Waals surface area contributed by atoms with Gasteiger partial charge in [-0.3, -0.25) is 14.5 Å². The third kappa shape index (κ3) is 5.32. The molecule has 37 heavy (non-hydrogen) atoms. The Kier molecular flexibility index (Phi) is 7.15. The van der Waals surface area contributed by atoms with E-state index in [1.165, 1.54) is 12.1 Å². The van der Waals surface area contributed by atoms with Crippen LogP contribution in [-0.2, 0) is 11.3 Å². The summed E-state index contributed by atoms with van der Waals surface area (Å²) in [4.78, 5) is 39.5. The molecule has 1 saturated heterocycles. The Morgan fingerprint density at radius 3 is 2.59 bits per heavy atom. The first kappa shape index (κ1) is 25.2. The Morgan fingerprint density at radius 1 is 1.03 bits per heavy atom. The molecule has 0 aliphatic carbocycles. The standard InChI is InChI=1S/C28H16BrClFNO4S/c29-22-12-16(8-11-24(22)36-27(34)21-7-3-5-17-4-1-2-6-20(17)21)13-25-26(33)32(28(35)37-25)15-18-9-10-19(31)14-23(18)30/h1-14H,15H2/b25-13-. The van der Waals surface area contributed by atoms with E-state index in [9.17, 15) is 18.8 Å². The molecule has 0 saturated carbocycles. The Hall–Kier alpha value is -3.46. The van der Waals surface area contributed by atoms with E-state index in [0.29, 0.717) is 26.9 Å². The maximum atomic E-state index is 13.3. The molecule has 0 N–H and O–H groups in total. The van der Waals surface area contributed by atoms with E-state index in [-0.39, 0.29) is 16.5 Å². The van der Waals surface area contributed by atoms with Crippen LogP contribution in [0.25, 0.3) is 16.8 Å². The van der Waals surface area contributed by atoms with Crippen LogP contribution in [-0.4, -0.2) is 22.0 Å². The normalized spacial score (nSPS) is 14.6. The largest absolute Gasteiger partial charge is 0.422 e. The van der Waals surface area contributed by atoms with Gasteiger partial charge in [-0.05, 0) is 86.0 Å². The molecule has 2 amide bonds. The Labute approximate surface area is 229 Å². The fraction of sp³-hybridized carbons (Fsp3) is 0.0357. The van der Waals surface area contributed by atoms with Crippen LogP contribution in [0, 0.1) is 5.82 Å². The van der Waals surface area contributed by atoms with Crippen molar-refractivity contribution in [3.8, 4) is 5.75 Å². The predicted octanol–water partition coefficient (Wildman–Crippen LogP) is 7.85. The van der Waals surface area contributed by atoms with Crippen molar-refractivity contribution in [1.29, 1.82) is 0 Å². The molecule has 184 valence electrons. The summed E-state index contributed by atoms with van der Waals surface area (Å²) in [5.74, 6) is -1.16. The van der Waals surface area contributed by atoms with Crippen LogP contribution >= 0.6 is 39.3 Å². The van der Waals surface area contributed by atoms with Crippen LogP contribution < -0.4 is 4.74 Å². The summed E-state index contributed by atoms with van der Waals surface area (Å²) < 4.78 is 19.5. The minimum atomic E-state index is -0.500. The van der Waals surface area contributed by atoms with Crippen molar-refractivity contribution >= 4 is 73.3 Å². The van der Waals surface area contributed by atoms with E-state index in [1.54, 1.807) is 36.4 Å². The number of rotatable bonds is 5. The molecular formula is C28H16BrClFNO4S. The number of hydrogen-bond donors (Lipinski definition) is 0. The summed E-state index contributed by atoms with van der Waals surface area (Å²) >= 11 is 10.3. The van der Waals surface area contributed by atoms with Crippen LogP contribution in [0.5, 0.6) is 5.75 Å². The average molecular weight is 597 g/mol. The van der Waals surface area contributed by atoms with Crippen LogP contribution in [0.4, 0.5) is 9.18 Å². The molecule has 1 fully saturated rings. The minimum Gasteiger partial charge on any atom is -0.422 e. The van der Waals surface area contributed by atoms with Gasteiger partial charge in [-0.2, -0.15) is 0 Å². The van der Waals surface area contributed by atoms with Crippen molar-refractivity contribution in [2.24, 2.45) is 0 Å². The van der Waals surface area contributed by atoms with E-state index in [4.69, 9.17) is 16.3 Å². The monoisotopic (exact) mass is 595 g/mol. The summed E-state index contributed by atoms with van der Waals surface area (Å²) in [6, 6.07) is 21.8. The average Bonchev–Trinajstić information content (AvgIpc) is 3.14. The molecule has 1 heterocycles. The van der Waals surface area contributed by atoms with Gasteiger partial charge in [-0.15, -0.1) is 0 Å². The first-order chi connectivity index (χ1) is 17.8. The third-order valence-electron chi connectivity index (χ3n) is 5.68. The van der Waals surface area contributed by atoms with Crippen molar-refractivity contribution < 1.29 is 23.5 Å². The first-order valence-corrected chi connectivity index (χ1v) is 13.0. The maximum absolute atomic E-state index is 13.3. The number of carbonyl (C=O) groups excluding carboxylic acids is 3. The van der Waals surface area contributed by atoms with Crippen LogP contribution in [0.15, 0.2) is 88.2 Å². The third-order valence-corrected chi connectivity index (χ3v) is 7.56. The Bertz CT molecular complexity index is 1620. The second-order valence-corrected chi connectivity index (χ2v) is 10.4. The Balaban J connectivity index is 1.33. The summed E-state index contributed by atoms with van der Waals surface area (Å²) in [5.41, 5.74) is 1.54. The number of imide groups is 1. The number of ether oxygens (including phenoxy) is 1. The van der Waals surface area contributed by atoms with Crippen LogP contribution in [0.1, 0.15) is 21.5 Å². The molecule has 0 atom stereocenters. The van der Waals surface area contributed by atoms with E-state index in [2.05, 4.69) is 15.9 Å². The summed E-state index contributed by atoms with van der Waals surface area (Å²) in [5, 5.41) is 1.42. The highest BCUT2D eigenvalue weighted by Gasteiger charge is 2.35. The zero-order valence-corrected chi connectivity index (χ0v) is 22.1.